The second kappa shape index (κ2) is 36.2. The third-order valence-corrected chi connectivity index (χ3v) is 14.3. The summed E-state index contributed by atoms with van der Waals surface area (Å²) in [7, 11) is -23.2. The lowest BCUT2D eigenvalue weighted by Crippen LogP contribution is -2.74. The molecular weight excluding hydrogens is 1160 g/mol. The zero-order valence-corrected chi connectivity index (χ0v) is 48.4. The molecule has 0 saturated heterocycles. The second-order valence-electron chi connectivity index (χ2n) is 15.3. The number of ether oxygens (including phenoxy) is 10. The first kappa shape index (κ1) is 72.6. The average molecular weight is 1230 g/mol. The number of rotatable bonds is 40. The Morgan fingerprint density at radius 1 is 0.354 bits per heavy atom. The van der Waals surface area contributed by atoms with E-state index in [1.807, 2.05) is 0 Å². The molecule has 0 heterocycles. The van der Waals surface area contributed by atoms with Crippen molar-refractivity contribution in [2.45, 2.75) is 144 Å². The lowest BCUT2D eigenvalue weighted by molar-refractivity contribution is -0.279. The maximum atomic E-state index is 15.2. The Kier molecular flexibility index (Phi) is 33.3. The molecule has 1 saturated carbocycles. The summed E-state index contributed by atoms with van der Waals surface area (Å²) >= 11 is 0. The first-order valence-corrected chi connectivity index (χ1v) is 29.0. The normalized spacial score (nSPS) is 19.5. The minimum atomic E-state index is -5.86. The van der Waals surface area contributed by atoms with Gasteiger partial charge in [-0.1, -0.05) is 27.2 Å². The van der Waals surface area contributed by atoms with Crippen molar-refractivity contribution < 1.29 is 163 Å². The van der Waals surface area contributed by atoms with Crippen LogP contribution in [-0.4, -0.2) is 151 Å². The Hall–Kier alpha value is -4.37. The SMILES string of the molecule is CCCO[C@@H]1[C@@H](OP(=O)(OCOC(C)=O)OCOC(C)=O)[C@H](OP(=O)(OCOC(C)=O)OCOC(C)=O)[C@@H](OP(=O)(OCOC(C)=O)OCOC(C)=O)[C@H](OP(=O)(OCOC(C)=O)OCOC(C)=O)[C@]1(CCC)OC(=O)CCC. The fraction of sp³-hybridized carbons (Fsp3) is 0.775. The molecule has 1 fully saturated rings. The number of hydrogen-bond acceptors (Lipinski definition) is 35. The molecule has 0 radical (unpaired) electrons. The summed E-state index contributed by atoms with van der Waals surface area (Å²) < 4.78 is 178. The second-order valence-corrected chi connectivity index (χ2v) is 21.8. The third kappa shape index (κ3) is 28.3. The van der Waals surface area contributed by atoms with Crippen LogP contribution < -0.4 is 0 Å². The van der Waals surface area contributed by atoms with Crippen molar-refractivity contribution in [1.82, 2.24) is 0 Å². The molecule has 0 N–H and O–H groups in total. The van der Waals surface area contributed by atoms with Gasteiger partial charge < -0.3 is 47.4 Å². The maximum Gasteiger partial charge on any atom is 0.481 e. The standard InChI is InChI=1S/C40H66O35P4/c1-12-15-34(49)71-40(16-13-2)38(54-17-14-3)36(73-77(51,65-20-57-28(6)43)66-21-58-29(7)44)35(72-76(50,63-18-55-26(4)41)64-19-56-27(5)42)37(74-78(52,67-22-59-30(8)45)68-23-60-31(9)46)39(40)75-79(53,69-24-61-32(10)47)70-25-62-33(11)48/h35-39H,12-25H2,1-11H3/t35-,36-,37+,38+,39-,40+/m0/s1. The Labute approximate surface area is 452 Å². The number of phosphoric ester groups is 4. The van der Waals surface area contributed by atoms with Crippen LogP contribution in [0, 0.1) is 0 Å². The van der Waals surface area contributed by atoms with Gasteiger partial charge in [-0.3, -0.25) is 61.2 Å². The monoisotopic (exact) mass is 1230 g/mol. The van der Waals surface area contributed by atoms with Crippen LogP contribution in [0.4, 0.5) is 0 Å². The fourth-order valence-electron chi connectivity index (χ4n) is 5.91. The molecule has 6 atom stereocenters. The van der Waals surface area contributed by atoms with Gasteiger partial charge in [-0.15, -0.1) is 0 Å². The quantitative estimate of drug-likeness (QED) is 0.0339. The molecule has 0 aromatic heterocycles. The lowest BCUT2D eigenvalue weighted by Gasteiger charge is -2.55. The van der Waals surface area contributed by atoms with Gasteiger partial charge in [0.1, 0.15) is 30.5 Å². The molecule has 1 rings (SSSR count). The number of carbonyl (C=O) groups is 9. The summed E-state index contributed by atoms with van der Waals surface area (Å²) in [5.41, 5.74) is -2.90. The molecule has 0 aliphatic heterocycles. The molecule has 1 aliphatic rings. The summed E-state index contributed by atoms with van der Waals surface area (Å²) in [6.45, 7) is 0.229. The van der Waals surface area contributed by atoms with Crippen LogP contribution in [0.5, 0.6) is 0 Å². The first-order chi connectivity index (χ1) is 36.9. The van der Waals surface area contributed by atoms with Crippen molar-refractivity contribution >= 4 is 85.0 Å². The van der Waals surface area contributed by atoms with Gasteiger partial charge in [0.15, 0.2) is 5.60 Å². The fourth-order valence-corrected chi connectivity index (χ4v) is 10.3. The van der Waals surface area contributed by atoms with Gasteiger partial charge in [0, 0.05) is 68.4 Å². The van der Waals surface area contributed by atoms with Gasteiger partial charge in [-0.05, 0) is 19.3 Å². The van der Waals surface area contributed by atoms with Gasteiger partial charge in [-0.2, -0.15) is 0 Å². The van der Waals surface area contributed by atoms with E-state index in [1.54, 1.807) is 0 Å². The summed E-state index contributed by atoms with van der Waals surface area (Å²) in [5, 5.41) is 0. The van der Waals surface area contributed by atoms with Gasteiger partial charge in [0.25, 0.3) is 0 Å². The van der Waals surface area contributed by atoms with Crippen molar-refractivity contribution in [3.63, 3.8) is 0 Å². The molecule has 39 heteroatoms. The van der Waals surface area contributed by atoms with Gasteiger partial charge in [0.05, 0.1) is 0 Å². The minimum absolute atomic E-state index is 0.00300. The molecule has 0 bridgehead atoms. The minimum Gasteiger partial charge on any atom is -0.453 e. The first-order valence-electron chi connectivity index (χ1n) is 23.1. The van der Waals surface area contributed by atoms with Crippen molar-refractivity contribution in [3.05, 3.63) is 0 Å². The molecule has 79 heavy (non-hydrogen) atoms. The van der Waals surface area contributed by atoms with E-state index in [0.717, 1.165) is 55.4 Å². The van der Waals surface area contributed by atoms with Crippen LogP contribution in [0.1, 0.15) is 108 Å². The Morgan fingerprint density at radius 2 is 0.620 bits per heavy atom. The van der Waals surface area contributed by atoms with Crippen LogP contribution in [0.2, 0.25) is 0 Å². The highest BCUT2D eigenvalue weighted by atomic mass is 31.2. The predicted molar refractivity (Wildman–Crippen MR) is 250 cm³/mol. The number of esters is 9. The van der Waals surface area contributed by atoms with Crippen molar-refractivity contribution in [2.24, 2.45) is 0 Å². The van der Waals surface area contributed by atoms with E-state index in [9.17, 15) is 43.2 Å². The topological polar surface area (TPSA) is 425 Å². The van der Waals surface area contributed by atoms with Crippen molar-refractivity contribution in [3.8, 4) is 0 Å². The smallest absolute Gasteiger partial charge is 0.453 e. The largest absolute Gasteiger partial charge is 0.481 e. The van der Waals surface area contributed by atoms with Crippen molar-refractivity contribution in [1.29, 1.82) is 0 Å². The Morgan fingerprint density at radius 3 is 0.873 bits per heavy atom. The van der Waals surface area contributed by atoms with Crippen LogP contribution in [0.15, 0.2) is 0 Å². The molecule has 0 aromatic rings. The van der Waals surface area contributed by atoms with Gasteiger partial charge in [-0.25, -0.2) is 54.5 Å². The zero-order valence-electron chi connectivity index (χ0n) is 44.9. The Balaban J connectivity index is 5.15. The highest BCUT2D eigenvalue weighted by Gasteiger charge is 2.69. The molecule has 0 unspecified atom stereocenters. The highest BCUT2D eigenvalue weighted by Crippen LogP contribution is 2.64. The van der Waals surface area contributed by atoms with Crippen molar-refractivity contribution in [2.75, 3.05) is 61.0 Å². The molecule has 456 valence electrons. The van der Waals surface area contributed by atoms with E-state index in [2.05, 4.69) is 0 Å². The summed E-state index contributed by atoms with van der Waals surface area (Å²) in [4.78, 5) is 110. The van der Waals surface area contributed by atoms with Crippen LogP contribution in [-0.2, 0) is 163 Å². The molecule has 1 aliphatic carbocycles. The summed E-state index contributed by atoms with van der Waals surface area (Å²) in [5.74, 6) is -9.79. The average Bonchev–Trinajstić information content (AvgIpc) is 3.32. The number of phosphoric acid groups is 4. The maximum absolute atomic E-state index is 15.2. The molecule has 0 aromatic carbocycles. The van der Waals surface area contributed by atoms with Gasteiger partial charge >= 0.3 is 85.0 Å². The highest BCUT2D eigenvalue weighted by molar-refractivity contribution is 7.49. The zero-order chi connectivity index (χ0) is 60.0. The van der Waals surface area contributed by atoms with Crippen LogP contribution in [0.25, 0.3) is 0 Å². The van der Waals surface area contributed by atoms with E-state index < -0.39 is 195 Å². The lowest BCUT2D eigenvalue weighted by atomic mass is 9.72. The van der Waals surface area contributed by atoms with Gasteiger partial charge in [0.2, 0.25) is 54.3 Å². The molecular formula is C40H66O35P4. The van der Waals surface area contributed by atoms with E-state index >= 15 is 18.3 Å². The van der Waals surface area contributed by atoms with E-state index in [-0.39, 0.29) is 19.3 Å². The molecule has 0 amide bonds. The Bertz CT molecular complexity index is 2130. The van der Waals surface area contributed by atoms with E-state index in [0.29, 0.717) is 0 Å². The molecule has 35 nitrogen and oxygen atoms in total. The molecule has 0 spiro atoms. The van der Waals surface area contributed by atoms with E-state index in [4.69, 9.17) is 102 Å². The van der Waals surface area contributed by atoms with Crippen LogP contribution >= 0.6 is 31.3 Å². The predicted octanol–water partition coefficient (Wildman–Crippen LogP) is 4.95. The van der Waals surface area contributed by atoms with E-state index in [1.165, 1.54) is 20.8 Å². The van der Waals surface area contributed by atoms with Crippen LogP contribution in [0.3, 0.4) is 0 Å². The third-order valence-electron chi connectivity index (χ3n) is 8.89. The summed E-state index contributed by atoms with van der Waals surface area (Å²) in [6.07, 6.45) is -14.9. The summed E-state index contributed by atoms with van der Waals surface area (Å²) in [6, 6.07) is 0. The number of hydrogen-bond donors (Lipinski definition) is 0. The number of carbonyl (C=O) groups excluding carboxylic acids is 9.